The summed E-state index contributed by atoms with van der Waals surface area (Å²) in [6, 6.07) is 5.91. The van der Waals surface area contributed by atoms with Gasteiger partial charge in [-0.25, -0.2) is 4.68 Å². The number of rotatable bonds is 2. The summed E-state index contributed by atoms with van der Waals surface area (Å²) in [5.41, 5.74) is 7.26. The van der Waals surface area contributed by atoms with Crippen LogP contribution >= 0.6 is 11.6 Å². The third-order valence-corrected chi connectivity index (χ3v) is 4.71. The topological polar surface area (TPSA) is 69.6 Å². The van der Waals surface area contributed by atoms with E-state index in [9.17, 15) is 0 Å². The molecule has 2 atom stereocenters. The number of hydrogen-bond donors (Lipinski definition) is 1. The summed E-state index contributed by atoms with van der Waals surface area (Å²) in [6.45, 7) is 2.29. The van der Waals surface area contributed by atoms with E-state index >= 15 is 0 Å². The minimum absolute atomic E-state index is 0.355. The Balaban J connectivity index is 1.97. The molecule has 5 nitrogen and oxygen atoms in total. The minimum Gasteiger partial charge on any atom is -0.398 e. The van der Waals surface area contributed by atoms with Crippen molar-refractivity contribution < 1.29 is 0 Å². The summed E-state index contributed by atoms with van der Waals surface area (Å²) in [4.78, 5) is 0. The molecule has 2 aromatic rings. The molecular weight excluding hydrogens is 286 g/mol. The minimum atomic E-state index is 0.355. The molecule has 1 fully saturated rings. The van der Waals surface area contributed by atoms with Crippen molar-refractivity contribution in [2.45, 2.75) is 45.1 Å². The smallest absolute Gasteiger partial charge is 0.182 e. The molecule has 6 heteroatoms. The van der Waals surface area contributed by atoms with E-state index < -0.39 is 0 Å². The van der Waals surface area contributed by atoms with E-state index in [4.69, 9.17) is 17.3 Å². The first-order chi connectivity index (χ1) is 10.2. The molecule has 0 amide bonds. The Labute approximate surface area is 129 Å². The molecule has 2 N–H and O–H groups in total. The molecule has 1 aliphatic carbocycles. The molecule has 0 radical (unpaired) electrons. The summed E-state index contributed by atoms with van der Waals surface area (Å²) in [7, 11) is 0. The third-order valence-electron chi connectivity index (χ3n) is 4.38. The van der Waals surface area contributed by atoms with Crippen molar-refractivity contribution in [3.8, 4) is 11.4 Å². The predicted molar refractivity (Wildman–Crippen MR) is 84.0 cm³/mol. The standard InChI is InChI=1S/C15H20ClN5/c1-10-5-3-2-4-6-14(10)21-15(18-19-20-21)11-7-8-13(17)12(16)9-11/h7-10,14H,2-6,17H2,1H3. The summed E-state index contributed by atoms with van der Waals surface area (Å²) in [5, 5.41) is 12.9. The molecule has 3 rings (SSSR count). The largest absolute Gasteiger partial charge is 0.398 e. The van der Waals surface area contributed by atoms with E-state index in [1.54, 1.807) is 6.07 Å². The first-order valence-corrected chi connectivity index (χ1v) is 7.88. The van der Waals surface area contributed by atoms with Crippen LogP contribution in [0.5, 0.6) is 0 Å². The number of benzene rings is 1. The number of hydrogen-bond acceptors (Lipinski definition) is 4. The Kier molecular flexibility index (Phi) is 4.10. The molecule has 1 aliphatic rings. The van der Waals surface area contributed by atoms with Crippen LogP contribution in [0.2, 0.25) is 5.02 Å². The molecule has 1 aromatic carbocycles. The van der Waals surface area contributed by atoms with Gasteiger partial charge in [0, 0.05) is 5.56 Å². The van der Waals surface area contributed by atoms with Crippen molar-refractivity contribution in [3.05, 3.63) is 23.2 Å². The highest BCUT2D eigenvalue weighted by atomic mass is 35.5. The molecule has 2 unspecified atom stereocenters. The maximum Gasteiger partial charge on any atom is 0.182 e. The van der Waals surface area contributed by atoms with Crippen molar-refractivity contribution in [3.63, 3.8) is 0 Å². The van der Waals surface area contributed by atoms with Gasteiger partial charge in [-0.2, -0.15) is 0 Å². The van der Waals surface area contributed by atoms with Crippen molar-refractivity contribution >= 4 is 17.3 Å². The van der Waals surface area contributed by atoms with Crippen molar-refractivity contribution in [2.24, 2.45) is 5.92 Å². The van der Waals surface area contributed by atoms with Gasteiger partial charge < -0.3 is 5.73 Å². The highest BCUT2D eigenvalue weighted by Crippen LogP contribution is 2.34. The van der Waals surface area contributed by atoms with Crippen molar-refractivity contribution in [1.29, 1.82) is 0 Å². The molecule has 0 bridgehead atoms. The first kappa shape index (κ1) is 14.3. The summed E-state index contributed by atoms with van der Waals surface area (Å²) >= 11 is 6.12. The summed E-state index contributed by atoms with van der Waals surface area (Å²) < 4.78 is 1.97. The lowest BCUT2D eigenvalue weighted by Crippen LogP contribution is -2.18. The van der Waals surface area contributed by atoms with Gasteiger partial charge in [0.2, 0.25) is 0 Å². The Morgan fingerprint density at radius 1 is 1.24 bits per heavy atom. The molecule has 0 spiro atoms. The van der Waals surface area contributed by atoms with Crippen LogP contribution in [0.1, 0.15) is 45.1 Å². The van der Waals surface area contributed by atoms with E-state index in [0.29, 0.717) is 22.7 Å². The number of nitrogens with two attached hydrogens (primary N) is 1. The molecule has 1 heterocycles. The van der Waals surface area contributed by atoms with Gasteiger partial charge in [0.15, 0.2) is 5.82 Å². The van der Waals surface area contributed by atoms with Crippen molar-refractivity contribution in [2.75, 3.05) is 5.73 Å². The maximum atomic E-state index is 6.12. The van der Waals surface area contributed by atoms with Gasteiger partial charge in [-0.05, 0) is 47.4 Å². The Bertz CT molecular complexity index is 624. The molecular formula is C15H20ClN5. The lowest BCUT2D eigenvalue weighted by Gasteiger charge is -2.22. The highest BCUT2D eigenvalue weighted by molar-refractivity contribution is 6.33. The second-order valence-electron chi connectivity index (χ2n) is 5.87. The van der Waals surface area contributed by atoms with E-state index in [2.05, 4.69) is 22.4 Å². The Hall–Kier alpha value is -1.62. The van der Waals surface area contributed by atoms with Crippen LogP contribution in [0.15, 0.2) is 18.2 Å². The van der Waals surface area contributed by atoms with E-state index in [-0.39, 0.29) is 0 Å². The summed E-state index contributed by atoms with van der Waals surface area (Å²) in [6.07, 6.45) is 6.18. The number of nitrogens with zero attached hydrogens (tertiary/aromatic N) is 4. The lowest BCUT2D eigenvalue weighted by atomic mass is 9.97. The zero-order chi connectivity index (χ0) is 14.8. The van der Waals surface area contributed by atoms with Gasteiger partial charge in [-0.1, -0.05) is 37.8 Å². The zero-order valence-electron chi connectivity index (χ0n) is 12.2. The predicted octanol–water partition coefficient (Wildman–Crippen LogP) is 3.72. The molecule has 21 heavy (non-hydrogen) atoms. The van der Waals surface area contributed by atoms with Crippen LogP contribution in [0.25, 0.3) is 11.4 Å². The zero-order valence-corrected chi connectivity index (χ0v) is 12.9. The van der Waals surface area contributed by atoms with Crippen LogP contribution in [0.4, 0.5) is 5.69 Å². The van der Waals surface area contributed by atoms with Gasteiger partial charge in [-0.3, -0.25) is 0 Å². The van der Waals surface area contributed by atoms with Gasteiger partial charge >= 0.3 is 0 Å². The maximum absolute atomic E-state index is 6.12. The van der Waals surface area contributed by atoms with E-state index in [0.717, 1.165) is 17.8 Å². The normalized spacial score (nSPS) is 23.0. The van der Waals surface area contributed by atoms with Crippen LogP contribution in [-0.2, 0) is 0 Å². The first-order valence-electron chi connectivity index (χ1n) is 7.50. The molecule has 0 saturated heterocycles. The second-order valence-corrected chi connectivity index (χ2v) is 6.27. The molecule has 1 aromatic heterocycles. The molecule has 0 aliphatic heterocycles. The van der Waals surface area contributed by atoms with Crippen LogP contribution in [0.3, 0.4) is 0 Å². The average molecular weight is 306 g/mol. The highest BCUT2D eigenvalue weighted by Gasteiger charge is 2.25. The Morgan fingerprint density at radius 2 is 2.05 bits per heavy atom. The van der Waals surface area contributed by atoms with Crippen molar-refractivity contribution in [1.82, 2.24) is 20.2 Å². The van der Waals surface area contributed by atoms with Crippen LogP contribution in [-0.4, -0.2) is 20.2 Å². The van der Waals surface area contributed by atoms with E-state index in [1.165, 1.54) is 25.7 Å². The van der Waals surface area contributed by atoms with Gasteiger partial charge in [0.25, 0.3) is 0 Å². The average Bonchev–Trinajstić information content (AvgIpc) is 2.85. The van der Waals surface area contributed by atoms with Gasteiger partial charge in [0.1, 0.15) is 0 Å². The fraction of sp³-hybridized carbons (Fsp3) is 0.533. The quantitative estimate of drug-likeness (QED) is 0.678. The molecule has 1 saturated carbocycles. The number of tetrazole rings is 1. The number of halogens is 1. The Morgan fingerprint density at radius 3 is 2.86 bits per heavy atom. The van der Waals surface area contributed by atoms with Crippen LogP contribution < -0.4 is 5.73 Å². The van der Waals surface area contributed by atoms with Gasteiger partial charge in [-0.15, -0.1) is 5.10 Å². The summed E-state index contributed by atoms with van der Waals surface area (Å²) in [5.74, 6) is 1.36. The fourth-order valence-electron chi connectivity index (χ4n) is 3.11. The second kappa shape index (κ2) is 6.02. The SMILES string of the molecule is CC1CCCCCC1n1nnnc1-c1ccc(N)c(Cl)c1. The van der Waals surface area contributed by atoms with Gasteiger partial charge in [0.05, 0.1) is 16.8 Å². The monoisotopic (exact) mass is 305 g/mol. The number of nitrogen functional groups attached to an aromatic ring is 1. The lowest BCUT2D eigenvalue weighted by molar-refractivity contribution is 0.306. The number of aromatic nitrogens is 4. The van der Waals surface area contributed by atoms with Crippen LogP contribution in [0, 0.1) is 5.92 Å². The van der Waals surface area contributed by atoms with E-state index in [1.807, 2.05) is 16.8 Å². The number of anilines is 1. The third kappa shape index (κ3) is 2.88. The fourth-order valence-corrected chi connectivity index (χ4v) is 3.29. The molecule has 112 valence electrons.